The van der Waals surface area contributed by atoms with E-state index in [4.69, 9.17) is 9.47 Å². The maximum atomic E-state index is 12.3. The van der Waals surface area contributed by atoms with Crippen LogP contribution in [0.4, 0.5) is 0 Å². The first-order chi connectivity index (χ1) is 14.9. The van der Waals surface area contributed by atoms with Crippen molar-refractivity contribution in [2.45, 2.75) is 26.9 Å². The van der Waals surface area contributed by atoms with Crippen molar-refractivity contribution in [3.05, 3.63) is 59.7 Å². The molecule has 0 aliphatic carbocycles. The fourth-order valence-corrected chi connectivity index (χ4v) is 2.76. The topological polar surface area (TPSA) is 99.4 Å². The molecule has 9 nitrogen and oxygen atoms in total. The highest BCUT2D eigenvalue weighted by atomic mass is 16.5. The number of nitrogens with zero attached hydrogens (tertiary/aromatic N) is 5. The Bertz CT molecular complexity index is 1020. The van der Waals surface area contributed by atoms with Crippen molar-refractivity contribution < 1.29 is 19.1 Å². The zero-order valence-corrected chi connectivity index (χ0v) is 17.8. The Kier molecular flexibility index (Phi) is 7.31. The van der Waals surface area contributed by atoms with Gasteiger partial charge >= 0.3 is 5.97 Å². The van der Waals surface area contributed by atoms with Crippen molar-refractivity contribution in [3.8, 4) is 17.1 Å². The molecule has 0 atom stereocenters. The molecule has 3 rings (SSSR count). The Balaban J connectivity index is 1.45. The zero-order chi connectivity index (χ0) is 22.2. The van der Waals surface area contributed by atoms with Crippen molar-refractivity contribution in [1.29, 1.82) is 0 Å². The molecule has 31 heavy (non-hydrogen) atoms. The molecule has 1 heterocycles. The summed E-state index contributed by atoms with van der Waals surface area (Å²) in [5.41, 5.74) is 2.87. The van der Waals surface area contributed by atoms with Crippen molar-refractivity contribution in [2.24, 2.45) is 0 Å². The Hall–Kier alpha value is -3.75. The lowest BCUT2D eigenvalue weighted by Gasteiger charge is -2.17. The number of aryl methyl sites for hydroxylation is 1. The molecule has 1 amide bonds. The highest BCUT2D eigenvalue weighted by molar-refractivity contribution is 5.80. The number of rotatable bonds is 9. The molecule has 0 radical (unpaired) electrons. The average Bonchev–Trinajstić information content (AvgIpc) is 3.22. The Morgan fingerprint density at radius 1 is 1.06 bits per heavy atom. The van der Waals surface area contributed by atoms with E-state index in [1.165, 1.54) is 4.90 Å². The van der Waals surface area contributed by atoms with Gasteiger partial charge in [0, 0.05) is 19.2 Å². The first-order valence-corrected chi connectivity index (χ1v) is 9.90. The molecule has 0 saturated carbocycles. The third-order valence-corrected chi connectivity index (χ3v) is 4.47. The Morgan fingerprint density at radius 3 is 2.45 bits per heavy atom. The van der Waals surface area contributed by atoms with Crippen molar-refractivity contribution in [3.63, 3.8) is 0 Å². The summed E-state index contributed by atoms with van der Waals surface area (Å²) in [7, 11) is 1.65. The lowest BCUT2D eigenvalue weighted by atomic mass is 10.1. The number of amides is 1. The van der Waals surface area contributed by atoms with Crippen LogP contribution in [0.25, 0.3) is 11.4 Å². The molecule has 0 aliphatic heterocycles. The largest absolute Gasteiger partial charge is 0.494 e. The van der Waals surface area contributed by atoms with E-state index in [1.54, 1.807) is 7.05 Å². The fraction of sp³-hybridized carbons (Fsp3) is 0.318. The normalized spacial score (nSPS) is 10.5. The number of tetrazole rings is 1. The van der Waals surface area contributed by atoms with E-state index < -0.39 is 5.97 Å². The summed E-state index contributed by atoms with van der Waals surface area (Å²) >= 11 is 0. The number of likely N-dealkylation sites (N-methyl/N-ethyl adjacent to an activating group) is 1. The second-order valence-corrected chi connectivity index (χ2v) is 7.00. The number of carbonyl (C=O) groups is 2. The molecule has 0 bridgehead atoms. The molecule has 3 aromatic rings. The highest BCUT2D eigenvalue weighted by Crippen LogP contribution is 2.14. The second-order valence-electron chi connectivity index (χ2n) is 7.00. The van der Waals surface area contributed by atoms with Gasteiger partial charge in [-0.15, -0.1) is 10.2 Å². The molecule has 0 N–H and O–H groups in total. The Labute approximate surface area is 180 Å². The number of hydrogen-bond donors (Lipinski definition) is 0. The van der Waals surface area contributed by atoms with E-state index in [1.807, 2.05) is 62.4 Å². The number of carbonyl (C=O) groups excluding carboxylic acids is 2. The van der Waals surface area contributed by atoms with Crippen molar-refractivity contribution in [1.82, 2.24) is 25.1 Å². The van der Waals surface area contributed by atoms with E-state index in [0.717, 1.165) is 27.2 Å². The molecule has 2 aromatic carbocycles. The smallest absolute Gasteiger partial charge is 0.330 e. The zero-order valence-electron chi connectivity index (χ0n) is 17.8. The van der Waals surface area contributed by atoms with Gasteiger partial charge in [0.1, 0.15) is 5.75 Å². The number of hydrogen-bond acceptors (Lipinski definition) is 7. The minimum atomic E-state index is -0.615. The maximum Gasteiger partial charge on any atom is 0.330 e. The van der Waals surface area contributed by atoms with E-state index in [-0.39, 0.29) is 19.1 Å². The third kappa shape index (κ3) is 6.36. The van der Waals surface area contributed by atoms with Gasteiger partial charge in [-0.05, 0) is 36.8 Å². The second kappa shape index (κ2) is 10.3. The van der Waals surface area contributed by atoms with Crippen LogP contribution < -0.4 is 4.74 Å². The monoisotopic (exact) mass is 423 g/mol. The lowest BCUT2D eigenvalue weighted by molar-refractivity contribution is -0.152. The predicted molar refractivity (Wildman–Crippen MR) is 113 cm³/mol. The summed E-state index contributed by atoms with van der Waals surface area (Å²) in [4.78, 5) is 27.0. The standard InChI is InChI=1S/C22H25N5O4/c1-4-30-19-11-7-17(8-12-19)13-26(3)20(28)15-31-21(29)14-27-24-22(23-25-27)18-9-5-16(2)6-10-18/h5-12H,4,13-15H2,1-3H3. The molecular weight excluding hydrogens is 398 g/mol. The van der Waals surface area contributed by atoms with Crippen LogP contribution in [0, 0.1) is 6.92 Å². The quantitative estimate of drug-likeness (QED) is 0.487. The molecule has 0 saturated heterocycles. The van der Waals surface area contributed by atoms with E-state index in [9.17, 15) is 9.59 Å². The van der Waals surface area contributed by atoms with Crippen LogP contribution in [0.15, 0.2) is 48.5 Å². The summed E-state index contributed by atoms with van der Waals surface area (Å²) in [6, 6.07) is 15.1. The van der Waals surface area contributed by atoms with Crippen LogP contribution in [-0.4, -0.2) is 57.2 Å². The van der Waals surface area contributed by atoms with Crippen LogP contribution >= 0.6 is 0 Å². The van der Waals surface area contributed by atoms with Crippen LogP contribution in [-0.2, 0) is 27.4 Å². The summed E-state index contributed by atoms with van der Waals surface area (Å²) in [6.45, 7) is 4.32. The number of ether oxygens (including phenoxy) is 2. The molecule has 0 fully saturated rings. The molecule has 0 aliphatic rings. The van der Waals surface area contributed by atoms with Crippen LogP contribution in [0.1, 0.15) is 18.1 Å². The van der Waals surface area contributed by atoms with Crippen LogP contribution in [0.5, 0.6) is 5.75 Å². The highest BCUT2D eigenvalue weighted by Gasteiger charge is 2.15. The SMILES string of the molecule is CCOc1ccc(CN(C)C(=O)COC(=O)Cn2nnc(-c3ccc(C)cc3)n2)cc1. The van der Waals surface area contributed by atoms with Crippen molar-refractivity contribution >= 4 is 11.9 Å². The minimum Gasteiger partial charge on any atom is -0.494 e. The predicted octanol–water partition coefficient (Wildman–Crippen LogP) is 2.25. The van der Waals surface area contributed by atoms with Gasteiger partial charge in [0.15, 0.2) is 13.2 Å². The summed E-state index contributed by atoms with van der Waals surface area (Å²) < 4.78 is 10.5. The summed E-state index contributed by atoms with van der Waals surface area (Å²) in [5.74, 6) is 0.269. The first kappa shape index (κ1) is 21.9. The summed E-state index contributed by atoms with van der Waals surface area (Å²) in [6.07, 6.45) is 0. The van der Waals surface area contributed by atoms with Gasteiger partial charge in [0.2, 0.25) is 5.82 Å². The molecule has 162 valence electrons. The summed E-state index contributed by atoms with van der Waals surface area (Å²) in [5, 5.41) is 12.0. The van der Waals surface area contributed by atoms with Gasteiger partial charge in [-0.2, -0.15) is 4.80 Å². The molecule has 0 unspecified atom stereocenters. The average molecular weight is 423 g/mol. The van der Waals surface area contributed by atoms with E-state index >= 15 is 0 Å². The first-order valence-electron chi connectivity index (χ1n) is 9.90. The fourth-order valence-electron chi connectivity index (χ4n) is 2.76. The maximum absolute atomic E-state index is 12.3. The molecule has 0 spiro atoms. The third-order valence-electron chi connectivity index (χ3n) is 4.47. The van der Waals surface area contributed by atoms with Gasteiger partial charge in [0.05, 0.1) is 6.61 Å². The molecule has 1 aromatic heterocycles. The van der Waals surface area contributed by atoms with Gasteiger partial charge in [-0.25, -0.2) is 4.79 Å². The van der Waals surface area contributed by atoms with Gasteiger partial charge in [0.25, 0.3) is 5.91 Å². The lowest BCUT2D eigenvalue weighted by Crippen LogP contribution is -2.31. The van der Waals surface area contributed by atoms with Crippen LogP contribution in [0.3, 0.4) is 0 Å². The minimum absolute atomic E-state index is 0.227. The number of esters is 1. The van der Waals surface area contributed by atoms with Crippen molar-refractivity contribution in [2.75, 3.05) is 20.3 Å². The molecular formula is C22H25N5O4. The van der Waals surface area contributed by atoms with Gasteiger partial charge in [-0.1, -0.05) is 42.0 Å². The van der Waals surface area contributed by atoms with Crippen LogP contribution in [0.2, 0.25) is 0 Å². The van der Waals surface area contributed by atoms with E-state index in [0.29, 0.717) is 19.0 Å². The van der Waals surface area contributed by atoms with Gasteiger partial charge in [-0.3, -0.25) is 4.79 Å². The number of benzene rings is 2. The number of aromatic nitrogens is 4. The van der Waals surface area contributed by atoms with E-state index in [2.05, 4.69) is 15.4 Å². The molecule has 9 heteroatoms. The van der Waals surface area contributed by atoms with Gasteiger partial charge < -0.3 is 14.4 Å². The Morgan fingerprint density at radius 2 is 1.77 bits per heavy atom.